The molecule has 6 nitrogen and oxygen atoms in total. The fraction of sp³-hybridized carbons (Fsp3) is 0.267. The summed E-state index contributed by atoms with van der Waals surface area (Å²) in [6.07, 6.45) is -0.210. The zero-order chi connectivity index (χ0) is 16.3. The molecule has 1 aromatic heterocycles. The Morgan fingerprint density at radius 1 is 1.41 bits per heavy atom. The quantitative estimate of drug-likeness (QED) is 0.787. The predicted octanol–water partition coefficient (Wildman–Crippen LogP) is 1.81. The average molecular weight is 367 g/mol. The van der Waals surface area contributed by atoms with Crippen molar-refractivity contribution >= 4 is 38.7 Å². The fourth-order valence-electron chi connectivity index (χ4n) is 2.22. The summed E-state index contributed by atoms with van der Waals surface area (Å²) >= 11 is 3.31. The third-order valence-electron chi connectivity index (χ3n) is 3.22. The number of primary amides is 1. The van der Waals surface area contributed by atoms with E-state index in [4.69, 9.17) is 10.5 Å². The van der Waals surface area contributed by atoms with Crippen molar-refractivity contribution in [1.82, 2.24) is 4.98 Å². The van der Waals surface area contributed by atoms with Gasteiger partial charge in [-0.1, -0.05) is 6.07 Å². The number of nitrogens with two attached hydrogens (primary N) is 1. The molecule has 1 aromatic carbocycles. The predicted molar refractivity (Wildman–Crippen MR) is 85.5 cm³/mol. The minimum absolute atomic E-state index is 0.210. The van der Waals surface area contributed by atoms with Crippen molar-refractivity contribution in [3.05, 3.63) is 44.7 Å². The zero-order valence-corrected chi connectivity index (χ0v) is 13.5. The van der Waals surface area contributed by atoms with Gasteiger partial charge < -0.3 is 15.5 Å². The highest BCUT2D eigenvalue weighted by molar-refractivity contribution is 9.10. The number of rotatable bonds is 5. The van der Waals surface area contributed by atoms with Crippen molar-refractivity contribution in [2.75, 3.05) is 6.61 Å². The van der Waals surface area contributed by atoms with Crippen molar-refractivity contribution in [3.63, 3.8) is 0 Å². The van der Waals surface area contributed by atoms with Gasteiger partial charge in [0.25, 0.3) is 0 Å². The lowest BCUT2D eigenvalue weighted by Crippen LogP contribution is -2.26. The van der Waals surface area contributed by atoms with Crippen LogP contribution in [0.15, 0.2) is 33.5 Å². The van der Waals surface area contributed by atoms with Crippen LogP contribution in [0.1, 0.15) is 25.0 Å². The Kier molecular flexibility index (Phi) is 4.97. The number of fused-ring (bicyclic) bond motifs is 1. The number of hydrogen-bond acceptors (Lipinski definition) is 4. The molecule has 0 radical (unpaired) electrons. The summed E-state index contributed by atoms with van der Waals surface area (Å²) in [7, 11) is 0. The lowest BCUT2D eigenvalue weighted by Gasteiger charge is -2.14. The van der Waals surface area contributed by atoms with Crippen molar-refractivity contribution in [3.8, 4) is 0 Å². The molecule has 2 aromatic rings. The van der Waals surface area contributed by atoms with Crippen LogP contribution in [0.25, 0.3) is 10.9 Å². The van der Waals surface area contributed by atoms with E-state index < -0.39 is 17.8 Å². The van der Waals surface area contributed by atoms with Crippen molar-refractivity contribution in [2.24, 2.45) is 5.73 Å². The van der Waals surface area contributed by atoms with Crippen LogP contribution in [0.2, 0.25) is 0 Å². The highest BCUT2D eigenvalue weighted by atomic mass is 79.9. The van der Waals surface area contributed by atoms with Gasteiger partial charge in [0.05, 0.1) is 29.8 Å². The zero-order valence-electron chi connectivity index (χ0n) is 11.9. The molecule has 1 heterocycles. The number of nitrogens with one attached hydrogen (secondary N) is 1. The number of aromatic nitrogens is 1. The first-order chi connectivity index (χ1) is 10.4. The molecule has 0 aliphatic rings. The molecule has 7 heteroatoms. The number of benzene rings is 1. The van der Waals surface area contributed by atoms with E-state index in [0.29, 0.717) is 21.1 Å². The Bertz CT molecular complexity index is 785. The van der Waals surface area contributed by atoms with Crippen LogP contribution < -0.4 is 11.2 Å². The van der Waals surface area contributed by atoms with Gasteiger partial charge >= 0.3 is 5.97 Å². The van der Waals surface area contributed by atoms with Crippen LogP contribution in [-0.2, 0) is 14.3 Å². The Labute approximate surface area is 134 Å². The summed E-state index contributed by atoms with van der Waals surface area (Å²) in [4.78, 5) is 38.5. The van der Waals surface area contributed by atoms with Crippen molar-refractivity contribution in [1.29, 1.82) is 0 Å². The molecule has 1 amide bonds. The molecular weight excluding hydrogens is 352 g/mol. The smallest absolute Gasteiger partial charge is 0.306 e. The Morgan fingerprint density at radius 2 is 2.14 bits per heavy atom. The number of amides is 1. The van der Waals surface area contributed by atoms with Gasteiger partial charge in [0, 0.05) is 16.2 Å². The van der Waals surface area contributed by atoms with Gasteiger partial charge in [-0.3, -0.25) is 14.4 Å². The summed E-state index contributed by atoms with van der Waals surface area (Å²) < 4.78 is 5.49. The van der Waals surface area contributed by atoms with Gasteiger partial charge in [0.15, 0.2) is 5.43 Å². The van der Waals surface area contributed by atoms with Gasteiger partial charge in [0.1, 0.15) is 0 Å². The van der Waals surface area contributed by atoms with E-state index in [1.54, 1.807) is 25.1 Å². The first kappa shape index (κ1) is 16.2. The lowest BCUT2D eigenvalue weighted by atomic mass is 9.99. The Balaban J connectivity index is 2.49. The second-order valence-electron chi connectivity index (χ2n) is 4.72. The van der Waals surface area contributed by atoms with Gasteiger partial charge in [-0.25, -0.2) is 0 Å². The summed E-state index contributed by atoms with van der Waals surface area (Å²) in [5, 5.41) is 0.477. The van der Waals surface area contributed by atoms with E-state index in [1.807, 2.05) is 0 Å². The van der Waals surface area contributed by atoms with E-state index in [1.165, 1.54) is 6.07 Å². The standard InChI is InChI=1S/C15H15BrN2O4/c1-2-22-13(20)6-8(15(17)21)11-7-12(19)14-9(16)4-3-5-10(14)18-11/h3-5,7-8H,2,6H2,1H3,(H2,17,21)(H,18,19)/t8-/m0/s1. The molecule has 0 bridgehead atoms. The summed E-state index contributed by atoms with van der Waals surface area (Å²) in [6.45, 7) is 1.89. The minimum atomic E-state index is -0.935. The molecule has 116 valence electrons. The number of ether oxygens (including phenoxy) is 1. The lowest BCUT2D eigenvalue weighted by molar-refractivity contribution is -0.144. The molecular formula is C15H15BrN2O4. The second-order valence-corrected chi connectivity index (χ2v) is 5.57. The minimum Gasteiger partial charge on any atom is -0.466 e. The summed E-state index contributed by atoms with van der Waals surface area (Å²) in [5.74, 6) is -2.17. The van der Waals surface area contributed by atoms with Gasteiger partial charge in [-0.05, 0) is 35.0 Å². The van der Waals surface area contributed by atoms with Crippen molar-refractivity contribution in [2.45, 2.75) is 19.3 Å². The molecule has 0 saturated heterocycles. The number of carbonyl (C=O) groups excluding carboxylic acids is 2. The highest BCUT2D eigenvalue weighted by Crippen LogP contribution is 2.23. The maximum atomic E-state index is 12.2. The molecule has 3 N–H and O–H groups in total. The SMILES string of the molecule is CCOC(=O)C[C@H](C(N)=O)c1cc(=O)c2c(Br)cccc2[nH]1. The van der Waals surface area contributed by atoms with E-state index in [0.717, 1.165) is 0 Å². The number of aromatic amines is 1. The van der Waals surface area contributed by atoms with E-state index in [2.05, 4.69) is 20.9 Å². The first-order valence-corrected chi connectivity index (χ1v) is 7.49. The molecule has 22 heavy (non-hydrogen) atoms. The van der Waals surface area contributed by atoms with E-state index in [9.17, 15) is 14.4 Å². The third kappa shape index (κ3) is 3.36. The molecule has 0 aliphatic heterocycles. The van der Waals surface area contributed by atoms with Crippen LogP contribution in [0.3, 0.4) is 0 Å². The monoisotopic (exact) mass is 366 g/mol. The topological polar surface area (TPSA) is 102 Å². The first-order valence-electron chi connectivity index (χ1n) is 6.70. The number of H-pyrrole nitrogens is 1. The van der Waals surface area contributed by atoms with Gasteiger partial charge in [-0.2, -0.15) is 0 Å². The van der Waals surface area contributed by atoms with Crippen molar-refractivity contribution < 1.29 is 14.3 Å². The van der Waals surface area contributed by atoms with Crippen LogP contribution in [0, 0.1) is 0 Å². The number of carbonyl (C=O) groups is 2. The maximum absolute atomic E-state index is 12.2. The second kappa shape index (κ2) is 6.74. The summed E-state index contributed by atoms with van der Waals surface area (Å²) in [5.41, 5.74) is 5.97. The fourth-order valence-corrected chi connectivity index (χ4v) is 2.78. The maximum Gasteiger partial charge on any atom is 0.306 e. The van der Waals surface area contributed by atoms with E-state index >= 15 is 0 Å². The molecule has 1 atom stereocenters. The van der Waals surface area contributed by atoms with E-state index in [-0.39, 0.29) is 18.5 Å². The normalized spacial score (nSPS) is 12.1. The number of halogens is 1. The Hall–Kier alpha value is -2.15. The van der Waals surface area contributed by atoms with Gasteiger partial charge in [-0.15, -0.1) is 0 Å². The Morgan fingerprint density at radius 3 is 2.77 bits per heavy atom. The average Bonchev–Trinajstić information content (AvgIpc) is 2.44. The number of hydrogen-bond donors (Lipinski definition) is 2. The third-order valence-corrected chi connectivity index (χ3v) is 3.88. The van der Waals surface area contributed by atoms with Gasteiger partial charge in [0.2, 0.25) is 5.91 Å². The molecule has 0 fully saturated rings. The molecule has 0 saturated carbocycles. The van der Waals surface area contributed by atoms with Crippen LogP contribution in [-0.4, -0.2) is 23.5 Å². The number of esters is 1. The molecule has 0 spiro atoms. The number of pyridine rings is 1. The van der Waals surface area contributed by atoms with Crippen LogP contribution in [0.5, 0.6) is 0 Å². The largest absolute Gasteiger partial charge is 0.466 e. The summed E-state index contributed by atoms with van der Waals surface area (Å²) in [6, 6.07) is 6.52. The molecule has 0 unspecified atom stereocenters. The molecule has 0 aliphatic carbocycles. The molecule has 2 rings (SSSR count). The van der Waals surface area contributed by atoms with Crippen LogP contribution >= 0.6 is 15.9 Å². The van der Waals surface area contributed by atoms with Crippen LogP contribution in [0.4, 0.5) is 0 Å². The highest BCUT2D eigenvalue weighted by Gasteiger charge is 2.24.